The van der Waals surface area contributed by atoms with Gasteiger partial charge in [-0.05, 0) is 24.5 Å². The van der Waals surface area contributed by atoms with Crippen LogP contribution in [0.1, 0.15) is 29.1 Å². The third-order valence-corrected chi connectivity index (χ3v) is 4.69. The van der Waals surface area contributed by atoms with Gasteiger partial charge in [-0.3, -0.25) is 4.79 Å². The summed E-state index contributed by atoms with van der Waals surface area (Å²) in [6.07, 6.45) is 1.28. The minimum atomic E-state index is -0.826. The first-order chi connectivity index (χ1) is 9.11. The lowest BCUT2D eigenvalue weighted by molar-refractivity contribution is -0.138. The first kappa shape index (κ1) is 14.2. The van der Waals surface area contributed by atoms with Crippen LogP contribution in [-0.4, -0.2) is 16.1 Å². The van der Waals surface area contributed by atoms with E-state index in [-0.39, 0.29) is 0 Å². The third kappa shape index (κ3) is 3.42. The summed E-state index contributed by atoms with van der Waals surface area (Å²) in [7, 11) is 0. The Balaban J connectivity index is 2.26. The summed E-state index contributed by atoms with van der Waals surface area (Å²) in [4.78, 5) is 15.9. The molecule has 0 aliphatic carbocycles. The Kier molecular flexibility index (Phi) is 4.71. The van der Waals surface area contributed by atoms with Crippen molar-refractivity contribution in [2.24, 2.45) is 0 Å². The van der Waals surface area contributed by atoms with Crippen LogP contribution in [0.5, 0.6) is 0 Å². The lowest BCUT2D eigenvalue weighted by atomic mass is 10.00. The average molecular weight is 340 g/mol. The van der Waals surface area contributed by atoms with Crippen molar-refractivity contribution in [1.29, 1.82) is 0 Å². The second kappa shape index (κ2) is 6.30. The third-order valence-electron chi connectivity index (χ3n) is 2.91. The number of rotatable bonds is 5. The molecular formula is C14H14BrNO2S. The zero-order valence-corrected chi connectivity index (χ0v) is 12.9. The smallest absolute Gasteiger partial charge is 0.313 e. The molecule has 100 valence electrons. The van der Waals surface area contributed by atoms with E-state index < -0.39 is 11.9 Å². The van der Waals surface area contributed by atoms with Gasteiger partial charge in [0, 0.05) is 9.85 Å². The molecule has 19 heavy (non-hydrogen) atoms. The summed E-state index contributed by atoms with van der Waals surface area (Å²) < 4.78 is 0.938. The summed E-state index contributed by atoms with van der Waals surface area (Å²) in [5, 5.41) is 12.0. The molecule has 2 aromatic rings. The van der Waals surface area contributed by atoms with E-state index in [4.69, 9.17) is 0 Å². The highest BCUT2D eigenvalue weighted by Gasteiger charge is 2.24. The maximum Gasteiger partial charge on any atom is 0.313 e. The number of thiazole rings is 1. The predicted molar refractivity (Wildman–Crippen MR) is 79.7 cm³/mol. The zero-order chi connectivity index (χ0) is 13.8. The van der Waals surface area contributed by atoms with Gasteiger partial charge in [0.15, 0.2) is 0 Å². The van der Waals surface area contributed by atoms with Crippen molar-refractivity contribution in [2.75, 3.05) is 0 Å². The van der Waals surface area contributed by atoms with Gasteiger partial charge in [-0.25, -0.2) is 4.98 Å². The fraction of sp³-hybridized carbons (Fsp3) is 0.286. The Morgan fingerprint density at radius 2 is 2.21 bits per heavy atom. The molecule has 0 saturated carbocycles. The van der Waals surface area contributed by atoms with Crippen molar-refractivity contribution < 1.29 is 9.90 Å². The van der Waals surface area contributed by atoms with Crippen LogP contribution in [0.25, 0.3) is 0 Å². The number of hydrogen-bond acceptors (Lipinski definition) is 3. The molecule has 0 amide bonds. The largest absolute Gasteiger partial charge is 0.481 e. The molecule has 0 aliphatic heterocycles. The normalized spacial score (nSPS) is 12.3. The quantitative estimate of drug-likeness (QED) is 0.899. The monoisotopic (exact) mass is 339 g/mol. The highest BCUT2D eigenvalue weighted by Crippen LogP contribution is 2.28. The number of aryl methyl sites for hydroxylation is 1. The van der Waals surface area contributed by atoms with E-state index in [1.807, 2.05) is 36.6 Å². The molecule has 1 aromatic carbocycles. The molecule has 1 atom stereocenters. The van der Waals surface area contributed by atoms with Crippen molar-refractivity contribution in [3.63, 3.8) is 0 Å². The van der Waals surface area contributed by atoms with Gasteiger partial charge in [0.2, 0.25) is 0 Å². The molecule has 0 spiro atoms. The Bertz CT molecular complexity index is 582. The van der Waals surface area contributed by atoms with Crippen LogP contribution in [0.15, 0.2) is 34.1 Å². The minimum Gasteiger partial charge on any atom is -0.481 e. The van der Waals surface area contributed by atoms with Crippen LogP contribution in [0.4, 0.5) is 0 Å². The molecule has 5 heteroatoms. The predicted octanol–water partition coefficient (Wildman–Crippen LogP) is 3.88. The van der Waals surface area contributed by atoms with E-state index in [2.05, 4.69) is 20.9 Å². The lowest BCUT2D eigenvalue weighted by Crippen LogP contribution is -2.14. The summed E-state index contributed by atoms with van der Waals surface area (Å²) in [6, 6.07) is 7.70. The van der Waals surface area contributed by atoms with E-state index in [9.17, 15) is 9.90 Å². The number of nitrogens with zero attached hydrogens (tertiary/aromatic N) is 1. The first-order valence-corrected chi connectivity index (χ1v) is 7.69. The molecule has 1 N–H and O–H groups in total. The first-order valence-electron chi connectivity index (χ1n) is 6.02. The number of carboxylic acids is 1. The van der Waals surface area contributed by atoms with E-state index in [1.165, 1.54) is 11.3 Å². The SMILES string of the molecule is CCc1csc(C(Cc2ccccc2Br)C(=O)O)n1. The Hall–Kier alpha value is -1.20. The summed E-state index contributed by atoms with van der Waals surface area (Å²) in [6.45, 7) is 2.02. The Morgan fingerprint density at radius 3 is 2.79 bits per heavy atom. The van der Waals surface area contributed by atoms with E-state index in [0.29, 0.717) is 11.4 Å². The molecule has 0 saturated heterocycles. The molecule has 1 aromatic heterocycles. The van der Waals surface area contributed by atoms with Gasteiger partial charge in [0.05, 0.1) is 5.69 Å². The van der Waals surface area contributed by atoms with Crippen molar-refractivity contribution in [3.8, 4) is 0 Å². The van der Waals surface area contributed by atoms with Gasteiger partial charge in [-0.2, -0.15) is 0 Å². The minimum absolute atomic E-state index is 0.452. The van der Waals surface area contributed by atoms with Crippen LogP contribution in [-0.2, 0) is 17.6 Å². The maximum atomic E-state index is 11.5. The van der Waals surface area contributed by atoms with Gasteiger partial charge in [-0.1, -0.05) is 41.1 Å². The molecule has 1 heterocycles. The number of aromatic nitrogens is 1. The molecular weight excluding hydrogens is 326 g/mol. The molecule has 0 radical (unpaired) electrons. The van der Waals surface area contributed by atoms with Gasteiger partial charge < -0.3 is 5.11 Å². The number of carbonyl (C=O) groups is 1. The second-order valence-corrected chi connectivity index (χ2v) is 5.96. The van der Waals surface area contributed by atoms with Crippen molar-refractivity contribution in [1.82, 2.24) is 4.98 Å². The van der Waals surface area contributed by atoms with Crippen molar-refractivity contribution in [2.45, 2.75) is 25.7 Å². The van der Waals surface area contributed by atoms with Crippen LogP contribution in [0.3, 0.4) is 0 Å². The second-order valence-electron chi connectivity index (χ2n) is 4.22. The molecule has 1 unspecified atom stereocenters. The van der Waals surface area contributed by atoms with Gasteiger partial charge in [-0.15, -0.1) is 11.3 Å². The van der Waals surface area contributed by atoms with E-state index in [1.54, 1.807) is 0 Å². The molecule has 0 aliphatic rings. The fourth-order valence-electron chi connectivity index (χ4n) is 1.81. The van der Waals surface area contributed by atoms with Crippen molar-refractivity contribution in [3.05, 3.63) is 50.4 Å². The van der Waals surface area contributed by atoms with Crippen LogP contribution in [0, 0.1) is 0 Å². The zero-order valence-electron chi connectivity index (χ0n) is 10.5. The number of aliphatic carboxylic acids is 1. The van der Waals surface area contributed by atoms with Crippen LogP contribution in [0.2, 0.25) is 0 Å². The topological polar surface area (TPSA) is 50.2 Å². The van der Waals surface area contributed by atoms with Crippen molar-refractivity contribution >= 4 is 33.2 Å². The van der Waals surface area contributed by atoms with Crippen LogP contribution < -0.4 is 0 Å². The number of carboxylic acid groups (broad SMARTS) is 1. The lowest BCUT2D eigenvalue weighted by Gasteiger charge is -2.10. The number of hydrogen-bond donors (Lipinski definition) is 1. The average Bonchev–Trinajstić information content (AvgIpc) is 2.86. The fourth-order valence-corrected chi connectivity index (χ4v) is 3.25. The van der Waals surface area contributed by atoms with Gasteiger partial charge in [0.25, 0.3) is 0 Å². The molecule has 0 bridgehead atoms. The highest BCUT2D eigenvalue weighted by atomic mass is 79.9. The van der Waals surface area contributed by atoms with Gasteiger partial charge >= 0.3 is 5.97 Å². The summed E-state index contributed by atoms with van der Waals surface area (Å²) in [5.41, 5.74) is 1.95. The molecule has 0 fully saturated rings. The number of benzene rings is 1. The standard InChI is InChI=1S/C14H14BrNO2S/c1-2-10-8-19-13(16-10)11(14(17)18)7-9-5-3-4-6-12(9)15/h3-6,8,11H,2,7H2,1H3,(H,17,18). The summed E-state index contributed by atoms with van der Waals surface area (Å²) in [5.74, 6) is -1.41. The maximum absolute atomic E-state index is 11.5. The highest BCUT2D eigenvalue weighted by molar-refractivity contribution is 9.10. The van der Waals surface area contributed by atoms with Crippen LogP contribution >= 0.6 is 27.3 Å². The Labute approximate surface area is 124 Å². The van der Waals surface area contributed by atoms with E-state index >= 15 is 0 Å². The molecule has 3 nitrogen and oxygen atoms in total. The Morgan fingerprint density at radius 1 is 1.47 bits per heavy atom. The van der Waals surface area contributed by atoms with E-state index in [0.717, 1.165) is 22.2 Å². The summed E-state index contributed by atoms with van der Waals surface area (Å²) >= 11 is 4.88. The van der Waals surface area contributed by atoms with Gasteiger partial charge in [0.1, 0.15) is 10.9 Å². The number of halogens is 1. The molecule has 2 rings (SSSR count).